The Labute approximate surface area is 120 Å². The molecule has 0 aromatic heterocycles. The predicted molar refractivity (Wildman–Crippen MR) is 80.4 cm³/mol. The molecule has 3 nitrogen and oxygen atoms in total. The van der Waals surface area contributed by atoms with Gasteiger partial charge in [0.2, 0.25) is 0 Å². The molecule has 0 unspecified atom stereocenters. The van der Waals surface area contributed by atoms with E-state index in [1.54, 1.807) is 12.1 Å². The van der Waals surface area contributed by atoms with Gasteiger partial charge in [-0.25, -0.2) is 0 Å². The van der Waals surface area contributed by atoms with E-state index in [1.807, 2.05) is 39.8 Å². The van der Waals surface area contributed by atoms with Gasteiger partial charge in [-0.3, -0.25) is 0 Å². The summed E-state index contributed by atoms with van der Waals surface area (Å²) in [6.07, 6.45) is 0. The van der Waals surface area contributed by atoms with Gasteiger partial charge in [0.1, 0.15) is 5.75 Å². The molecular weight excluding hydrogens is 251 g/mol. The minimum absolute atomic E-state index is 0.262. The van der Waals surface area contributed by atoms with Gasteiger partial charge in [0, 0.05) is 0 Å². The van der Waals surface area contributed by atoms with Crippen LogP contribution in [-0.2, 0) is 9.31 Å². The summed E-state index contributed by atoms with van der Waals surface area (Å²) in [5.41, 5.74) is 2.49. The summed E-state index contributed by atoms with van der Waals surface area (Å²) in [6.45, 7) is 8.20. The second-order valence-corrected chi connectivity index (χ2v) is 6.38. The lowest BCUT2D eigenvalue weighted by Crippen LogP contribution is -2.41. The number of aromatic hydroxyl groups is 1. The summed E-state index contributed by atoms with van der Waals surface area (Å²) in [4.78, 5) is 0. The lowest BCUT2D eigenvalue weighted by Gasteiger charge is -2.32. The van der Waals surface area contributed by atoms with Crippen molar-refractivity contribution in [2.24, 2.45) is 0 Å². The molecule has 0 atom stereocenters. The van der Waals surface area contributed by atoms with Crippen LogP contribution in [0.5, 0.6) is 5.75 Å². The van der Waals surface area contributed by atoms with E-state index in [9.17, 15) is 5.11 Å². The molecule has 0 radical (unpaired) electrons. The van der Waals surface area contributed by atoms with E-state index in [1.165, 1.54) is 0 Å². The Morgan fingerprint density at radius 1 is 0.850 bits per heavy atom. The fourth-order valence-electron chi connectivity index (χ4n) is 2.38. The topological polar surface area (TPSA) is 38.7 Å². The zero-order valence-electron chi connectivity index (χ0n) is 12.3. The average Bonchev–Trinajstić information content (AvgIpc) is 2.78. The summed E-state index contributed by atoms with van der Waals surface area (Å²) in [6, 6.07) is 11.3. The quantitative estimate of drug-likeness (QED) is 0.810. The molecule has 0 bridgehead atoms. The third-order valence-electron chi connectivity index (χ3n) is 4.37. The molecule has 1 N–H and O–H groups in total. The van der Waals surface area contributed by atoms with Gasteiger partial charge in [0.05, 0.1) is 11.2 Å². The highest BCUT2D eigenvalue weighted by atomic mass is 16.7. The van der Waals surface area contributed by atoms with Crippen LogP contribution in [0.4, 0.5) is 0 Å². The summed E-state index contributed by atoms with van der Waals surface area (Å²) >= 11 is 0. The van der Waals surface area contributed by atoms with Crippen molar-refractivity contribution in [3.8, 4) is 16.9 Å². The van der Waals surface area contributed by atoms with Gasteiger partial charge in [-0.2, -0.15) is 0 Å². The van der Waals surface area contributed by atoms with Crippen LogP contribution in [0.25, 0.3) is 11.1 Å². The molecular formula is C16H19BO3. The van der Waals surface area contributed by atoms with Crippen LogP contribution in [-0.4, -0.2) is 23.4 Å². The summed E-state index contributed by atoms with van der Waals surface area (Å²) in [7, 11) is -0.341. The Balaban J connectivity index is 1.97. The molecule has 1 aliphatic heterocycles. The second-order valence-electron chi connectivity index (χ2n) is 6.38. The highest BCUT2D eigenvalue weighted by molar-refractivity contribution is 6.62. The molecule has 3 aliphatic rings. The first-order valence-electron chi connectivity index (χ1n) is 6.87. The van der Waals surface area contributed by atoms with E-state index < -0.39 is 0 Å². The van der Waals surface area contributed by atoms with Crippen LogP contribution >= 0.6 is 0 Å². The van der Waals surface area contributed by atoms with Gasteiger partial charge >= 0.3 is 7.12 Å². The Hall–Kier alpha value is -1.52. The van der Waals surface area contributed by atoms with Crippen LogP contribution in [0, 0.1) is 0 Å². The largest absolute Gasteiger partial charge is 0.508 e. The second kappa shape index (κ2) is 4.24. The first-order chi connectivity index (χ1) is 9.28. The molecule has 0 amide bonds. The van der Waals surface area contributed by atoms with Gasteiger partial charge in [-0.05, 0) is 56.4 Å². The highest BCUT2D eigenvalue weighted by Crippen LogP contribution is 2.37. The van der Waals surface area contributed by atoms with E-state index in [-0.39, 0.29) is 24.1 Å². The lowest BCUT2D eigenvalue weighted by molar-refractivity contribution is 0.00578. The fraction of sp³-hybridized carbons (Fsp3) is 0.375. The van der Waals surface area contributed by atoms with Crippen molar-refractivity contribution in [1.82, 2.24) is 0 Å². The predicted octanol–water partition coefficient (Wildman–Crippen LogP) is 2.80. The molecule has 2 aliphatic carbocycles. The molecule has 0 aromatic carbocycles. The van der Waals surface area contributed by atoms with Gasteiger partial charge in [0.25, 0.3) is 0 Å². The molecule has 104 valence electrons. The zero-order chi connectivity index (χ0) is 14.5. The molecule has 4 heteroatoms. The van der Waals surface area contributed by atoms with Crippen molar-refractivity contribution >= 4 is 12.6 Å². The number of hydrogen-bond acceptors (Lipinski definition) is 3. The SMILES string of the molecule is CC1(C)OB(c2cc3ccc(O)ccc-3c2)OC1(C)C. The van der Waals surface area contributed by atoms with E-state index in [0.29, 0.717) is 0 Å². The first kappa shape index (κ1) is 13.5. The molecule has 0 aromatic rings. The van der Waals surface area contributed by atoms with E-state index in [4.69, 9.17) is 9.31 Å². The molecule has 20 heavy (non-hydrogen) atoms. The third-order valence-corrected chi connectivity index (χ3v) is 4.37. The van der Waals surface area contributed by atoms with Gasteiger partial charge in [-0.15, -0.1) is 0 Å². The Kier molecular flexibility index (Phi) is 2.85. The first-order valence-corrected chi connectivity index (χ1v) is 6.87. The maximum Gasteiger partial charge on any atom is 0.494 e. The minimum atomic E-state index is -0.341. The zero-order valence-corrected chi connectivity index (χ0v) is 12.3. The minimum Gasteiger partial charge on any atom is -0.508 e. The number of rotatable bonds is 1. The van der Waals surface area contributed by atoms with Crippen LogP contribution in [0.2, 0.25) is 0 Å². The maximum absolute atomic E-state index is 9.49. The van der Waals surface area contributed by atoms with Gasteiger partial charge in [-0.1, -0.05) is 24.3 Å². The van der Waals surface area contributed by atoms with E-state index >= 15 is 0 Å². The highest BCUT2D eigenvalue weighted by Gasteiger charge is 2.51. The van der Waals surface area contributed by atoms with Crippen molar-refractivity contribution in [2.45, 2.75) is 38.9 Å². The van der Waals surface area contributed by atoms with Crippen LogP contribution < -0.4 is 5.46 Å². The molecule has 0 saturated carbocycles. The molecule has 0 spiro atoms. The summed E-state index contributed by atoms with van der Waals surface area (Å²) < 4.78 is 12.1. The Morgan fingerprint density at radius 2 is 1.30 bits per heavy atom. The van der Waals surface area contributed by atoms with Crippen LogP contribution in [0.3, 0.4) is 0 Å². The molecule has 1 fully saturated rings. The molecule has 3 rings (SSSR count). The fourth-order valence-corrected chi connectivity index (χ4v) is 2.38. The average molecular weight is 270 g/mol. The third kappa shape index (κ3) is 2.09. The summed E-state index contributed by atoms with van der Waals surface area (Å²) in [5.74, 6) is 0.262. The van der Waals surface area contributed by atoms with Crippen LogP contribution in [0.1, 0.15) is 27.7 Å². The van der Waals surface area contributed by atoms with Crippen molar-refractivity contribution in [2.75, 3.05) is 0 Å². The Morgan fingerprint density at radius 3 is 1.75 bits per heavy atom. The molecule has 1 saturated heterocycles. The van der Waals surface area contributed by atoms with E-state index in [0.717, 1.165) is 16.6 Å². The van der Waals surface area contributed by atoms with Crippen LogP contribution in [0.15, 0.2) is 36.4 Å². The smallest absolute Gasteiger partial charge is 0.494 e. The van der Waals surface area contributed by atoms with Gasteiger partial charge in [0.15, 0.2) is 0 Å². The number of fused-ring (bicyclic) bond motifs is 1. The number of hydrogen-bond donors (Lipinski definition) is 1. The van der Waals surface area contributed by atoms with Gasteiger partial charge < -0.3 is 14.4 Å². The van der Waals surface area contributed by atoms with Crippen molar-refractivity contribution < 1.29 is 14.4 Å². The van der Waals surface area contributed by atoms with Crippen molar-refractivity contribution in [3.05, 3.63) is 36.4 Å². The normalized spacial score (nSPS) is 20.5. The lowest BCUT2D eigenvalue weighted by atomic mass is 9.81. The summed E-state index contributed by atoms with van der Waals surface area (Å²) in [5, 5.41) is 9.49. The monoisotopic (exact) mass is 270 g/mol. The van der Waals surface area contributed by atoms with E-state index in [2.05, 4.69) is 12.1 Å². The maximum atomic E-state index is 9.49. The van der Waals surface area contributed by atoms with Crippen molar-refractivity contribution in [1.29, 1.82) is 0 Å². The molecule has 1 heterocycles. The Bertz CT molecular complexity index is 571. The standard InChI is InChI=1S/C16H19BO3/c1-15(2)16(3,4)20-17(19-15)13-9-11-5-7-14(18)8-6-12(11)10-13/h5-10,18H,1-4H3. The van der Waals surface area contributed by atoms with Crippen molar-refractivity contribution in [3.63, 3.8) is 0 Å².